The van der Waals surface area contributed by atoms with Crippen molar-refractivity contribution in [3.8, 4) is 51.3 Å². The molecule has 13 rings (SSSR count). The summed E-state index contributed by atoms with van der Waals surface area (Å²) in [6.07, 6.45) is 3.59. The summed E-state index contributed by atoms with van der Waals surface area (Å²) in [5.41, 5.74) is 9.52. The lowest BCUT2D eigenvalue weighted by Gasteiger charge is -2.31. The standard InChI is InChI=1S/C83H91N9O16/c1-8-91-77-62-16-11-12-17-66(62)89(45-55-14-9-10-15-61(55)76(77)86-87-91)75(97)31-27-58(93)26-30-74(96)84-44-59(94)39-63(49(2)3)78(98)85-50(4)69(95)36-51-18-20-52(21-19-51)47-108-82(102)92-67-42-73(71(105-7)41-65(67)80(100)90-48-83(32-33-83)43-68(90)81(92)101)107-35-13-34-106-72-38-54-22-25-57-37-56(53-23-28-60(103-5)29-24-53)46-88(57)79(99)64(54)40-70(72)104-6/h9-12,14-21,23-24,28-29,38,40-42,46,49-50,57,63,68,81,101H,8,13,22,25-27,30-37,39,43-45,47-48H2,1-7H3,(H,84,96)(H,85,98)/t50-,57+,63-,68-,81-/m0/s1. The Morgan fingerprint density at radius 1 is 0.704 bits per heavy atom. The maximum atomic E-state index is 14.5. The molecule has 0 unspecified atom stereocenters. The van der Waals surface area contributed by atoms with Gasteiger partial charge in [0.2, 0.25) is 17.7 Å². The summed E-state index contributed by atoms with van der Waals surface area (Å²) in [5, 5.41) is 26.5. The number of Topliss-reactive ketones (excluding diaryl/α,β-unsaturated/α-hetero) is 3. The van der Waals surface area contributed by atoms with Crippen LogP contribution in [0.2, 0.25) is 0 Å². The van der Waals surface area contributed by atoms with Gasteiger partial charge in [-0.3, -0.25) is 38.4 Å². The highest BCUT2D eigenvalue weighted by atomic mass is 16.6. The van der Waals surface area contributed by atoms with E-state index >= 15 is 0 Å². The van der Waals surface area contributed by atoms with Gasteiger partial charge in [-0.2, -0.15) is 0 Å². The molecular formula is C83H91N9O16. The third kappa shape index (κ3) is 16.1. The van der Waals surface area contributed by atoms with Crippen LogP contribution in [-0.2, 0) is 66.0 Å². The van der Waals surface area contributed by atoms with Crippen molar-refractivity contribution in [3.63, 3.8) is 0 Å². The molecule has 0 bridgehead atoms. The highest BCUT2D eigenvalue weighted by molar-refractivity contribution is 6.07. The molecule has 6 aliphatic rings. The second-order valence-corrected chi connectivity index (χ2v) is 29.1. The maximum absolute atomic E-state index is 14.5. The van der Waals surface area contributed by atoms with E-state index in [1.165, 1.54) is 26.4 Å². The summed E-state index contributed by atoms with van der Waals surface area (Å²) >= 11 is 0. The maximum Gasteiger partial charge on any atom is 0.416 e. The number of aliphatic hydroxyl groups is 1. The second-order valence-electron chi connectivity index (χ2n) is 29.1. The summed E-state index contributed by atoms with van der Waals surface area (Å²) in [4.78, 5) is 130. The molecule has 1 saturated carbocycles. The van der Waals surface area contributed by atoms with Gasteiger partial charge in [0.15, 0.2) is 40.8 Å². The number of hydrogen-bond acceptors (Lipinski definition) is 18. The molecule has 1 spiro atoms. The van der Waals surface area contributed by atoms with Gasteiger partial charge in [-0.15, -0.1) is 5.10 Å². The number of fused-ring (bicyclic) bond motifs is 9. The molecule has 7 aromatic rings. The van der Waals surface area contributed by atoms with Crippen molar-refractivity contribution >= 4 is 69.9 Å². The quantitative estimate of drug-likeness (QED) is 0.0367. The molecular weight excluding hydrogens is 1380 g/mol. The van der Waals surface area contributed by atoms with Crippen LogP contribution in [0.15, 0.2) is 128 Å². The predicted octanol–water partition coefficient (Wildman–Crippen LogP) is 10.8. The Balaban J connectivity index is 0.569. The third-order valence-corrected chi connectivity index (χ3v) is 21.7. The zero-order valence-electron chi connectivity index (χ0n) is 61.9. The monoisotopic (exact) mass is 1470 g/mol. The van der Waals surface area contributed by atoms with E-state index in [0.717, 1.165) is 81.1 Å². The van der Waals surface area contributed by atoms with Crippen molar-refractivity contribution < 1.29 is 76.7 Å². The van der Waals surface area contributed by atoms with Gasteiger partial charge in [-0.25, -0.2) is 14.4 Å². The zero-order valence-corrected chi connectivity index (χ0v) is 61.9. The predicted molar refractivity (Wildman–Crippen MR) is 400 cm³/mol. The van der Waals surface area contributed by atoms with Crippen LogP contribution in [0.25, 0.3) is 28.1 Å². The molecule has 108 heavy (non-hydrogen) atoms. The number of rotatable bonds is 29. The molecule has 25 heteroatoms. The Morgan fingerprint density at radius 2 is 1.39 bits per heavy atom. The van der Waals surface area contributed by atoms with Crippen LogP contribution in [0.3, 0.4) is 0 Å². The molecule has 25 nitrogen and oxygen atoms in total. The smallest absolute Gasteiger partial charge is 0.416 e. The first kappa shape index (κ1) is 75.0. The summed E-state index contributed by atoms with van der Waals surface area (Å²) in [5.74, 6) is -1.78. The van der Waals surface area contributed by atoms with E-state index in [9.17, 15) is 48.3 Å². The van der Waals surface area contributed by atoms with E-state index in [0.29, 0.717) is 66.2 Å². The summed E-state index contributed by atoms with van der Waals surface area (Å²) in [7, 11) is 4.61. The van der Waals surface area contributed by atoms with E-state index < -0.39 is 47.9 Å². The van der Waals surface area contributed by atoms with Crippen LogP contribution < -0.4 is 44.1 Å². The first-order valence-electron chi connectivity index (χ1n) is 37.1. The molecule has 1 saturated heterocycles. The number of nitrogens with zero attached hydrogens (tertiary/aromatic N) is 7. The van der Waals surface area contributed by atoms with Gasteiger partial charge in [0.25, 0.3) is 11.8 Å². The largest absolute Gasteiger partial charge is 0.497 e. The van der Waals surface area contributed by atoms with Gasteiger partial charge in [0.05, 0.1) is 82.3 Å². The minimum Gasteiger partial charge on any atom is -0.497 e. The molecule has 6 heterocycles. The Labute approximate surface area is 626 Å². The normalized spacial score (nSPS) is 17.7. The number of nitrogens with one attached hydrogen (secondary N) is 2. The minimum absolute atomic E-state index is 0.00579. The van der Waals surface area contributed by atoms with Crippen LogP contribution in [-0.4, -0.2) is 155 Å². The fourth-order valence-corrected chi connectivity index (χ4v) is 15.3. The van der Waals surface area contributed by atoms with Crippen molar-refractivity contribution in [2.45, 2.75) is 155 Å². The number of hydrogen-bond donors (Lipinski definition) is 3. The molecule has 6 amide bonds. The number of carbonyl (C=O) groups is 9. The van der Waals surface area contributed by atoms with E-state index in [1.54, 1.807) is 72.7 Å². The molecule has 1 aliphatic carbocycles. The summed E-state index contributed by atoms with van der Waals surface area (Å²) in [6, 6.07) is 34.9. The average molecular weight is 1470 g/mol. The molecule has 0 radical (unpaired) electrons. The highest BCUT2D eigenvalue weighted by Gasteiger charge is 2.58. The van der Waals surface area contributed by atoms with Crippen molar-refractivity contribution in [1.82, 2.24) is 35.4 Å². The van der Waals surface area contributed by atoms with E-state index in [4.69, 9.17) is 28.4 Å². The number of anilines is 2. The number of para-hydroxylation sites is 1. The van der Waals surface area contributed by atoms with Crippen LogP contribution in [0.4, 0.5) is 16.2 Å². The molecule has 3 N–H and O–H groups in total. The number of aliphatic hydroxyl groups excluding tert-OH is 1. The minimum atomic E-state index is -1.48. The Hall–Kier alpha value is -11.2. The van der Waals surface area contributed by atoms with Crippen LogP contribution in [0.5, 0.6) is 28.7 Å². The lowest BCUT2D eigenvalue weighted by atomic mass is 9.89. The lowest BCUT2D eigenvalue weighted by molar-refractivity contribution is -0.133. The average Bonchev–Trinajstić information content (AvgIpc) is 1.56. The summed E-state index contributed by atoms with van der Waals surface area (Å²) < 4.78 is 37.2. The Morgan fingerprint density at radius 3 is 2.09 bits per heavy atom. The van der Waals surface area contributed by atoms with Crippen molar-refractivity contribution in [2.75, 3.05) is 57.4 Å². The third-order valence-electron chi connectivity index (χ3n) is 21.7. The highest BCUT2D eigenvalue weighted by Crippen LogP contribution is 2.57. The number of methoxy groups -OCH3 is 3. The number of aromatic nitrogens is 3. The van der Waals surface area contributed by atoms with Crippen molar-refractivity contribution in [3.05, 3.63) is 166 Å². The van der Waals surface area contributed by atoms with E-state index in [-0.39, 0.29) is 141 Å². The van der Waals surface area contributed by atoms with Gasteiger partial charge < -0.3 is 58.9 Å². The molecule has 5 atom stereocenters. The molecule has 2 fully saturated rings. The topological polar surface area (TPSA) is 297 Å². The van der Waals surface area contributed by atoms with Crippen LogP contribution in [0.1, 0.15) is 147 Å². The fraction of sp³-hybridized carbons (Fsp3) is 0.410. The van der Waals surface area contributed by atoms with Crippen LogP contribution in [0, 0.1) is 17.3 Å². The Bertz CT molecular complexity index is 4660. The molecule has 5 aliphatic heterocycles. The van der Waals surface area contributed by atoms with Gasteiger partial charge >= 0.3 is 6.09 Å². The number of amides is 6. The Kier molecular flexibility index (Phi) is 22.6. The van der Waals surface area contributed by atoms with Gasteiger partial charge in [0, 0.05) is 99.0 Å². The van der Waals surface area contributed by atoms with E-state index in [1.807, 2.05) is 96.9 Å². The molecule has 564 valence electrons. The number of ketones is 3. The van der Waals surface area contributed by atoms with E-state index in [2.05, 4.69) is 20.9 Å². The SMILES string of the molecule is CCn1nnc2c1-c1ccccc1N(C(=O)CCC(=O)CCC(=O)NCC(=O)C[C@H](C(=O)N[C@@H](C)C(=O)Cc1ccc(COC(=O)N3c4cc(OCCCOc5cc6c(cc5OC)C(=O)N5C=C(c7ccc(OC)cc7)C[C@H]5CC6)c(OC)cc4C(=O)N4CC5(CC5)C[C@H]4[C@@H]3O)cc1)C(C)C)Cc1ccccc1-2. The van der Waals surface area contributed by atoms with Gasteiger partial charge in [-0.1, -0.05) is 97.9 Å². The summed E-state index contributed by atoms with van der Waals surface area (Å²) in [6.45, 7) is 8.06. The fourth-order valence-electron chi connectivity index (χ4n) is 15.3. The van der Waals surface area contributed by atoms with Gasteiger partial charge in [-0.05, 0) is 133 Å². The molecule has 6 aromatic carbocycles. The van der Waals surface area contributed by atoms with Gasteiger partial charge in [0.1, 0.15) is 23.8 Å². The first-order chi connectivity index (χ1) is 52.1. The number of aryl methyl sites for hydroxylation is 2. The van der Waals surface area contributed by atoms with Crippen molar-refractivity contribution in [2.24, 2.45) is 17.3 Å². The number of carbonyl (C=O) groups excluding carboxylic acids is 9. The van der Waals surface area contributed by atoms with Crippen molar-refractivity contribution in [1.29, 1.82) is 0 Å². The lowest BCUT2D eigenvalue weighted by Crippen LogP contribution is -2.50. The first-order valence-corrected chi connectivity index (χ1v) is 37.1. The second kappa shape index (κ2) is 32.5. The number of benzene rings is 6. The molecule has 1 aromatic heterocycles. The number of ether oxygens (including phenoxy) is 6. The van der Waals surface area contributed by atoms with Crippen LogP contribution >= 0.6 is 0 Å². The zero-order chi connectivity index (χ0) is 76.1.